The molecule has 1 aliphatic rings. The fourth-order valence-corrected chi connectivity index (χ4v) is 4.26. The highest BCUT2D eigenvalue weighted by atomic mass is 16.2. The molecule has 5 rings (SSSR count). The van der Waals surface area contributed by atoms with Crippen molar-refractivity contribution in [3.63, 3.8) is 0 Å². The van der Waals surface area contributed by atoms with Crippen molar-refractivity contribution in [2.24, 2.45) is 0 Å². The van der Waals surface area contributed by atoms with Crippen LogP contribution in [-0.2, 0) is 17.9 Å². The molecule has 0 bridgehead atoms. The van der Waals surface area contributed by atoms with Crippen LogP contribution in [0.2, 0.25) is 0 Å². The summed E-state index contributed by atoms with van der Waals surface area (Å²) in [6, 6.07) is 12.3. The van der Waals surface area contributed by atoms with Crippen LogP contribution >= 0.6 is 0 Å². The number of nitrogens with zero attached hydrogens (tertiary/aromatic N) is 5. The maximum absolute atomic E-state index is 12.9. The molecule has 0 unspecified atom stereocenters. The average molecular weight is 415 g/mol. The molecular formula is C24H26N6O. The summed E-state index contributed by atoms with van der Waals surface area (Å²) in [5.41, 5.74) is 6.69. The summed E-state index contributed by atoms with van der Waals surface area (Å²) in [4.78, 5) is 17.4. The van der Waals surface area contributed by atoms with Crippen molar-refractivity contribution in [3.05, 3.63) is 70.8 Å². The van der Waals surface area contributed by atoms with E-state index in [1.54, 1.807) is 4.68 Å². The van der Waals surface area contributed by atoms with Crippen molar-refractivity contribution in [1.29, 1.82) is 0 Å². The lowest BCUT2D eigenvalue weighted by molar-refractivity contribution is -0.116. The molecular weight excluding hydrogens is 388 g/mol. The summed E-state index contributed by atoms with van der Waals surface area (Å²) in [7, 11) is 0. The van der Waals surface area contributed by atoms with Crippen LogP contribution in [0.5, 0.6) is 0 Å². The van der Waals surface area contributed by atoms with Gasteiger partial charge in [-0.05, 0) is 56.7 Å². The smallest absolute Gasteiger partial charge is 0.246 e. The maximum atomic E-state index is 12.9. The first-order chi connectivity index (χ1) is 15.0. The normalized spacial score (nSPS) is 13.6. The van der Waals surface area contributed by atoms with Crippen molar-refractivity contribution in [2.75, 3.05) is 5.32 Å². The topological polar surface area (TPSA) is 77.6 Å². The van der Waals surface area contributed by atoms with Crippen molar-refractivity contribution >= 4 is 22.6 Å². The summed E-state index contributed by atoms with van der Waals surface area (Å²) >= 11 is 0. The van der Waals surface area contributed by atoms with Crippen LogP contribution in [0.25, 0.3) is 11.0 Å². The van der Waals surface area contributed by atoms with E-state index >= 15 is 0 Å². The molecule has 4 aromatic rings. The minimum Gasteiger partial charge on any atom is -0.321 e. The first kappa shape index (κ1) is 19.5. The number of anilines is 1. The Morgan fingerprint density at radius 1 is 1.03 bits per heavy atom. The molecule has 1 saturated carbocycles. The maximum Gasteiger partial charge on any atom is 0.246 e. The number of aromatic nitrogens is 5. The Kier molecular flexibility index (Phi) is 4.81. The largest absolute Gasteiger partial charge is 0.321 e. The summed E-state index contributed by atoms with van der Waals surface area (Å²) in [6.45, 7) is 6.68. The highest BCUT2D eigenvalue weighted by Crippen LogP contribution is 2.43. The first-order valence-electron chi connectivity index (χ1n) is 10.7. The van der Waals surface area contributed by atoms with Gasteiger partial charge in [-0.2, -0.15) is 10.2 Å². The summed E-state index contributed by atoms with van der Waals surface area (Å²) in [6.07, 6.45) is 4.26. The van der Waals surface area contributed by atoms with E-state index in [1.807, 2.05) is 49.8 Å². The van der Waals surface area contributed by atoms with E-state index in [2.05, 4.69) is 38.7 Å². The van der Waals surface area contributed by atoms with Crippen LogP contribution in [0.1, 0.15) is 47.0 Å². The second-order valence-electron chi connectivity index (χ2n) is 8.35. The van der Waals surface area contributed by atoms with Crippen LogP contribution in [0.15, 0.2) is 42.6 Å². The molecule has 0 saturated heterocycles. The molecule has 3 aromatic heterocycles. The molecule has 0 spiro atoms. The summed E-state index contributed by atoms with van der Waals surface area (Å²) in [5, 5.41) is 13.4. The van der Waals surface area contributed by atoms with Crippen LogP contribution in [0, 0.1) is 20.8 Å². The zero-order valence-electron chi connectivity index (χ0n) is 18.1. The monoisotopic (exact) mass is 414 g/mol. The number of aryl methyl sites for hydroxylation is 2. The quantitative estimate of drug-likeness (QED) is 0.515. The Bertz CT molecular complexity index is 1270. The number of nitrogens with one attached hydrogen (secondary N) is 1. The van der Waals surface area contributed by atoms with Crippen LogP contribution in [0.4, 0.5) is 5.69 Å². The molecule has 7 nitrogen and oxygen atoms in total. The number of benzene rings is 1. The highest BCUT2D eigenvalue weighted by molar-refractivity contribution is 5.93. The number of carbonyl (C=O) groups excluding carboxylic acids is 1. The number of rotatable bonds is 6. The van der Waals surface area contributed by atoms with Gasteiger partial charge in [0.05, 0.1) is 29.3 Å². The molecule has 158 valence electrons. The lowest BCUT2D eigenvalue weighted by atomic mass is 10.1. The second kappa shape index (κ2) is 7.65. The van der Waals surface area contributed by atoms with Crippen LogP contribution in [0.3, 0.4) is 0 Å². The molecule has 3 heterocycles. The Hall–Kier alpha value is -3.48. The number of hydrogen-bond acceptors (Lipinski definition) is 4. The van der Waals surface area contributed by atoms with Crippen LogP contribution < -0.4 is 5.32 Å². The van der Waals surface area contributed by atoms with Gasteiger partial charge >= 0.3 is 0 Å². The molecule has 1 N–H and O–H groups in total. The van der Waals surface area contributed by atoms with Gasteiger partial charge in [-0.15, -0.1) is 0 Å². The zero-order chi connectivity index (χ0) is 21.5. The molecule has 0 atom stereocenters. The van der Waals surface area contributed by atoms with E-state index in [0.29, 0.717) is 12.5 Å². The first-order valence-corrected chi connectivity index (χ1v) is 10.7. The number of carbonyl (C=O) groups is 1. The van der Waals surface area contributed by atoms with Gasteiger partial charge < -0.3 is 5.32 Å². The van der Waals surface area contributed by atoms with E-state index in [4.69, 9.17) is 0 Å². The third-order valence-corrected chi connectivity index (χ3v) is 5.97. The predicted molar refractivity (Wildman–Crippen MR) is 120 cm³/mol. The van der Waals surface area contributed by atoms with Gasteiger partial charge in [0.15, 0.2) is 5.65 Å². The molecule has 0 aliphatic heterocycles. The Morgan fingerprint density at radius 2 is 1.77 bits per heavy atom. The second-order valence-corrected chi connectivity index (χ2v) is 8.35. The van der Waals surface area contributed by atoms with Crippen molar-refractivity contribution in [3.8, 4) is 0 Å². The molecule has 1 fully saturated rings. The average Bonchev–Trinajstić information content (AvgIpc) is 3.52. The van der Waals surface area contributed by atoms with E-state index in [0.717, 1.165) is 33.8 Å². The lowest BCUT2D eigenvalue weighted by Gasteiger charge is -2.08. The zero-order valence-corrected chi connectivity index (χ0v) is 18.1. The van der Waals surface area contributed by atoms with Gasteiger partial charge in [-0.25, -0.2) is 9.67 Å². The van der Waals surface area contributed by atoms with Gasteiger partial charge in [-0.3, -0.25) is 9.48 Å². The number of fused-ring (bicyclic) bond motifs is 1. The van der Waals surface area contributed by atoms with Gasteiger partial charge in [0.25, 0.3) is 0 Å². The Morgan fingerprint density at radius 3 is 2.52 bits per heavy atom. The van der Waals surface area contributed by atoms with Gasteiger partial charge in [0.1, 0.15) is 6.54 Å². The van der Waals surface area contributed by atoms with Crippen LogP contribution in [-0.4, -0.2) is 30.5 Å². The molecule has 7 heteroatoms. The SMILES string of the molecule is Cc1nn(Cc2ccccc2)c(C)c1NC(=O)Cn1nc(C)c2c(C3CC3)ccnc21. The Labute approximate surface area is 181 Å². The standard InChI is InChI=1S/C24H26N6O/c1-15-22-20(19-9-10-19)11-12-25-24(22)30(27-15)14-21(31)26-23-16(2)28-29(17(23)3)13-18-7-5-4-6-8-18/h4-8,11-12,19H,9-10,13-14H2,1-3H3,(H,26,31). The fraction of sp³-hybridized carbons (Fsp3) is 0.333. The van der Waals surface area contributed by atoms with Crippen molar-refractivity contribution in [1.82, 2.24) is 24.5 Å². The third kappa shape index (κ3) is 3.71. The minimum absolute atomic E-state index is 0.119. The highest BCUT2D eigenvalue weighted by Gasteiger charge is 2.28. The number of pyridine rings is 1. The summed E-state index contributed by atoms with van der Waals surface area (Å²) in [5.74, 6) is 0.477. The lowest BCUT2D eigenvalue weighted by Crippen LogP contribution is -2.20. The molecule has 0 radical (unpaired) electrons. The van der Waals surface area contributed by atoms with E-state index in [1.165, 1.54) is 24.0 Å². The molecule has 31 heavy (non-hydrogen) atoms. The van der Waals surface area contributed by atoms with Crippen molar-refractivity contribution < 1.29 is 4.79 Å². The molecule has 1 aliphatic carbocycles. The molecule has 1 aromatic carbocycles. The molecule has 1 amide bonds. The van der Waals surface area contributed by atoms with E-state index in [-0.39, 0.29) is 12.5 Å². The Balaban J connectivity index is 1.36. The van der Waals surface area contributed by atoms with Gasteiger partial charge in [-0.1, -0.05) is 30.3 Å². The van der Waals surface area contributed by atoms with Gasteiger partial charge in [0, 0.05) is 11.6 Å². The number of amides is 1. The minimum atomic E-state index is -0.131. The summed E-state index contributed by atoms with van der Waals surface area (Å²) < 4.78 is 3.64. The predicted octanol–water partition coefficient (Wildman–Crippen LogP) is 4.12. The van der Waals surface area contributed by atoms with E-state index < -0.39 is 0 Å². The fourth-order valence-electron chi connectivity index (χ4n) is 4.26. The third-order valence-electron chi connectivity index (χ3n) is 5.97. The van der Waals surface area contributed by atoms with Gasteiger partial charge in [0.2, 0.25) is 5.91 Å². The van der Waals surface area contributed by atoms with E-state index in [9.17, 15) is 4.79 Å². The number of hydrogen-bond donors (Lipinski definition) is 1. The van der Waals surface area contributed by atoms with Crippen molar-refractivity contribution in [2.45, 2.75) is 52.6 Å².